The van der Waals surface area contributed by atoms with Crippen molar-refractivity contribution < 1.29 is 9.15 Å². The Morgan fingerprint density at radius 3 is 2.30 bits per heavy atom. The Hall–Kier alpha value is -1.82. The molecule has 1 heterocycles. The van der Waals surface area contributed by atoms with Gasteiger partial charge in [-0.2, -0.15) is 0 Å². The van der Waals surface area contributed by atoms with Crippen molar-refractivity contribution >= 4 is 33.4 Å². The van der Waals surface area contributed by atoms with Crippen molar-refractivity contribution in [2.75, 3.05) is 7.11 Å². The van der Waals surface area contributed by atoms with Gasteiger partial charge in [-0.05, 0) is 52.9 Å². The van der Waals surface area contributed by atoms with Crippen molar-refractivity contribution in [3.05, 3.63) is 62.5 Å². The first-order valence-corrected chi connectivity index (χ1v) is 7.14. The zero-order valence-electron chi connectivity index (χ0n) is 10.7. The molecule has 0 N–H and O–H groups in total. The Labute approximate surface area is 129 Å². The maximum Gasteiger partial charge on any atom is 0.344 e. The summed E-state index contributed by atoms with van der Waals surface area (Å²) in [7, 11) is 1.62. The first-order valence-electron chi connectivity index (χ1n) is 6.06. The van der Waals surface area contributed by atoms with Crippen LogP contribution in [0, 0.1) is 3.57 Å². The Morgan fingerprint density at radius 2 is 1.65 bits per heavy atom. The number of halogens is 1. The van der Waals surface area contributed by atoms with Crippen molar-refractivity contribution in [2.45, 2.75) is 0 Å². The summed E-state index contributed by atoms with van der Waals surface area (Å²) in [5.74, 6) is 1.36. The molecular weight excluding hydrogens is 367 g/mol. The third kappa shape index (κ3) is 2.20. The zero-order valence-corrected chi connectivity index (χ0v) is 12.9. The summed E-state index contributed by atoms with van der Waals surface area (Å²) < 4.78 is 11.5. The van der Waals surface area contributed by atoms with Gasteiger partial charge in [-0.1, -0.05) is 18.2 Å². The quantitative estimate of drug-likeness (QED) is 0.631. The van der Waals surface area contributed by atoms with Gasteiger partial charge >= 0.3 is 5.63 Å². The smallest absolute Gasteiger partial charge is 0.344 e. The van der Waals surface area contributed by atoms with E-state index in [0.29, 0.717) is 11.1 Å². The molecule has 3 nitrogen and oxygen atoms in total. The molecule has 3 aromatic rings. The first-order chi connectivity index (χ1) is 9.70. The summed E-state index contributed by atoms with van der Waals surface area (Å²) in [4.78, 5) is 12.1. The van der Waals surface area contributed by atoms with Crippen LogP contribution in [0.25, 0.3) is 22.1 Å². The third-order valence-electron chi connectivity index (χ3n) is 3.13. The van der Waals surface area contributed by atoms with E-state index in [-0.39, 0.29) is 5.63 Å². The maximum atomic E-state index is 12.1. The Kier molecular flexibility index (Phi) is 3.48. The fraction of sp³-hybridized carbons (Fsp3) is 0.0625. The molecule has 100 valence electrons. The highest BCUT2D eigenvalue weighted by Crippen LogP contribution is 2.30. The van der Waals surface area contributed by atoms with Gasteiger partial charge < -0.3 is 9.15 Å². The molecule has 3 rings (SSSR count). The molecule has 0 saturated carbocycles. The molecule has 0 aliphatic heterocycles. The minimum absolute atomic E-state index is 0.313. The molecule has 0 aliphatic rings. The van der Waals surface area contributed by atoms with E-state index in [1.54, 1.807) is 13.2 Å². The number of benzene rings is 2. The van der Waals surface area contributed by atoms with Crippen LogP contribution in [-0.2, 0) is 0 Å². The number of hydrogen-bond donors (Lipinski definition) is 0. The third-order valence-corrected chi connectivity index (χ3v) is 4.20. The van der Waals surface area contributed by atoms with Gasteiger partial charge in [0.05, 0.1) is 16.1 Å². The second kappa shape index (κ2) is 5.28. The van der Waals surface area contributed by atoms with E-state index in [1.165, 1.54) is 0 Å². The van der Waals surface area contributed by atoms with Crippen LogP contribution in [0.3, 0.4) is 0 Å². The van der Waals surface area contributed by atoms with E-state index in [4.69, 9.17) is 9.15 Å². The zero-order chi connectivity index (χ0) is 14.1. The SMILES string of the molecule is COc1ccc(-c2oc(=O)c3ccccc3c2I)cc1. The second-order valence-electron chi connectivity index (χ2n) is 4.31. The van der Waals surface area contributed by atoms with Gasteiger partial charge in [-0.15, -0.1) is 0 Å². The molecule has 0 amide bonds. The number of hydrogen-bond acceptors (Lipinski definition) is 3. The highest BCUT2D eigenvalue weighted by Gasteiger charge is 2.13. The van der Waals surface area contributed by atoms with Crippen LogP contribution >= 0.6 is 22.6 Å². The predicted molar refractivity (Wildman–Crippen MR) is 87.2 cm³/mol. The molecule has 0 spiro atoms. The van der Waals surface area contributed by atoms with Crippen LogP contribution in [-0.4, -0.2) is 7.11 Å². The fourth-order valence-corrected chi connectivity index (χ4v) is 2.99. The molecule has 0 aliphatic carbocycles. The van der Waals surface area contributed by atoms with Gasteiger partial charge in [-0.3, -0.25) is 0 Å². The van der Waals surface area contributed by atoms with Crippen LogP contribution in [0.15, 0.2) is 57.7 Å². The lowest BCUT2D eigenvalue weighted by molar-refractivity contribution is 0.415. The Bertz CT molecular complexity index is 819. The van der Waals surface area contributed by atoms with Crippen LogP contribution in [0.5, 0.6) is 5.75 Å². The Morgan fingerprint density at radius 1 is 1.00 bits per heavy atom. The van der Waals surface area contributed by atoms with E-state index >= 15 is 0 Å². The molecule has 0 saturated heterocycles. The van der Waals surface area contributed by atoms with Crippen molar-refractivity contribution in [3.63, 3.8) is 0 Å². The van der Waals surface area contributed by atoms with E-state index in [1.807, 2.05) is 42.5 Å². The highest BCUT2D eigenvalue weighted by atomic mass is 127. The number of rotatable bonds is 2. The largest absolute Gasteiger partial charge is 0.497 e. The van der Waals surface area contributed by atoms with Crippen molar-refractivity contribution in [1.82, 2.24) is 0 Å². The monoisotopic (exact) mass is 378 g/mol. The summed E-state index contributed by atoms with van der Waals surface area (Å²) in [5.41, 5.74) is 0.546. The lowest BCUT2D eigenvalue weighted by atomic mass is 10.1. The molecule has 0 bridgehead atoms. The fourth-order valence-electron chi connectivity index (χ4n) is 2.10. The molecule has 0 radical (unpaired) electrons. The van der Waals surface area contributed by atoms with Crippen molar-refractivity contribution in [1.29, 1.82) is 0 Å². The van der Waals surface area contributed by atoms with Crippen LogP contribution in [0.2, 0.25) is 0 Å². The lowest BCUT2D eigenvalue weighted by Crippen LogP contribution is -2.02. The van der Waals surface area contributed by atoms with E-state index in [2.05, 4.69) is 22.6 Å². The molecule has 0 unspecified atom stereocenters. The van der Waals surface area contributed by atoms with E-state index in [9.17, 15) is 4.79 Å². The average Bonchev–Trinajstić information content (AvgIpc) is 2.51. The normalized spacial score (nSPS) is 10.7. The Balaban J connectivity index is 2.25. The van der Waals surface area contributed by atoms with E-state index < -0.39 is 0 Å². The van der Waals surface area contributed by atoms with Gasteiger partial charge in [0, 0.05) is 10.9 Å². The summed E-state index contributed by atoms with van der Waals surface area (Å²) in [6.45, 7) is 0. The number of ether oxygens (including phenoxy) is 1. The van der Waals surface area contributed by atoms with Gasteiger partial charge in [0.2, 0.25) is 0 Å². The molecular formula is C16H11IO3. The van der Waals surface area contributed by atoms with Crippen molar-refractivity contribution in [3.8, 4) is 17.1 Å². The van der Waals surface area contributed by atoms with Gasteiger partial charge in [0.25, 0.3) is 0 Å². The molecule has 2 aromatic carbocycles. The van der Waals surface area contributed by atoms with Crippen LogP contribution in [0.1, 0.15) is 0 Å². The molecule has 20 heavy (non-hydrogen) atoms. The molecule has 0 atom stereocenters. The predicted octanol–water partition coefficient (Wildman–Crippen LogP) is 4.07. The van der Waals surface area contributed by atoms with Gasteiger partial charge in [0.1, 0.15) is 5.75 Å². The highest BCUT2D eigenvalue weighted by molar-refractivity contribution is 14.1. The second-order valence-corrected chi connectivity index (χ2v) is 5.39. The van der Waals surface area contributed by atoms with E-state index in [0.717, 1.165) is 20.3 Å². The lowest BCUT2D eigenvalue weighted by Gasteiger charge is -2.07. The minimum atomic E-state index is -0.313. The summed E-state index contributed by atoms with van der Waals surface area (Å²) in [5, 5.41) is 1.52. The number of fused-ring (bicyclic) bond motifs is 1. The van der Waals surface area contributed by atoms with Gasteiger partial charge in [-0.25, -0.2) is 4.79 Å². The molecule has 1 aromatic heterocycles. The number of methoxy groups -OCH3 is 1. The standard InChI is InChI=1S/C16H11IO3/c1-19-11-8-6-10(7-9-11)15-14(17)12-4-2-3-5-13(12)16(18)20-15/h2-9H,1H3. The van der Waals surface area contributed by atoms with Crippen LogP contribution in [0.4, 0.5) is 0 Å². The maximum absolute atomic E-state index is 12.1. The van der Waals surface area contributed by atoms with Crippen molar-refractivity contribution in [2.24, 2.45) is 0 Å². The summed E-state index contributed by atoms with van der Waals surface area (Å²) in [6.07, 6.45) is 0. The molecule has 4 heteroatoms. The first kappa shape index (κ1) is 13.2. The molecule has 0 fully saturated rings. The van der Waals surface area contributed by atoms with Gasteiger partial charge in [0.15, 0.2) is 5.76 Å². The topological polar surface area (TPSA) is 39.4 Å². The van der Waals surface area contributed by atoms with Crippen LogP contribution < -0.4 is 10.4 Å². The summed E-state index contributed by atoms with van der Waals surface area (Å²) in [6, 6.07) is 14.9. The summed E-state index contributed by atoms with van der Waals surface area (Å²) >= 11 is 2.21. The minimum Gasteiger partial charge on any atom is -0.497 e. The average molecular weight is 378 g/mol.